The molecule has 3 rings (SSSR count). The summed E-state index contributed by atoms with van der Waals surface area (Å²) in [4.78, 5) is 24.9. The van der Waals surface area contributed by atoms with E-state index in [1.54, 1.807) is 12.3 Å². The first-order valence-corrected chi connectivity index (χ1v) is 7.18. The maximum absolute atomic E-state index is 12.5. The smallest absolute Gasteiger partial charge is 0.433 e. The van der Waals surface area contributed by atoms with Crippen LogP contribution >= 0.6 is 0 Å². The SMILES string of the molecule is O=C(c1ccc(C(F)(F)F)nc1)N1CCC(Oc2ccncn2)C1. The lowest BCUT2D eigenvalue weighted by molar-refractivity contribution is -0.141. The monoisotopic (exact) mass is 338 g/mol. The van der Waals surface area contributed by atoms with Crippen LogP contribution in [0, 0.1) is 0 Å². The van der Waals surface area contributed by atoms with Crippen molar-refractivity contribution >= 4 is 5.91 Å². The van der Waals surface area contributed by atoms with Crippen LogP contribution in [0.1, 0.15) is 22.5 Å². The van der Waals surface area contributed by atoms with Gasteiger partial charge in [-0.3, -0.25) is 9.78 Å². The van der Waals surface area contributed by atoms with E-state index < -0.39 is 11.9 Å². The first-order chi connectivity index (χ1) is 11.4. The number of alkyl halides is 3. The highest BCUT2D eigenvalue weighted by Crippen LogP contribution is 2.27. The Hall–Kier alpha value is -2.71. The maximum atomic E-state index is 12.5. The largest absolute Gasteiger partial charge is 0.472 e. The van der Waals surface area contributed by atoms with E-state index in [1.807, 2.05) is 0 Å². The second-order valence-corrected chi connectivity index (χ2v) is 5.26. The lowest BCUT2D eigenvalue weighted by atomic mass is 10.2. The van der Waals surface area contributed by atoms with Crippen molar-refractivity contribution in [2.75, 3.05) is 13.1 Å². The summed E-state index contributed by atoms with van der Waals surface area (Å²) in [6.07, 6.45) is -0.264. The van der Waals surface area contributed by atoms with Crippen LogP contribution in [0.3, 0.4) is 0 Å². The van der Waals surface area contributed by atoms with Gasteiger partial charge in [0.05, 0.1) is 12.1 Å². The van der Waals surface area contributed by atoms with Gasteiger partial charge in [-0.2, -0.15) is 13.2 Å². The number of amides is 1. The molecule has 1 aliphatic rings. The molecule has 1 saturated heterocycles. The van der Waals surface area contributed by atoms with Crippen LogP contribution in [0.2, 0.25) is 0 Å². The average molecular weight is 338 g/mol. The fraction of sp³-hybridized carbons (Fsp3) is 0.333. The van der Waals surface area contributed by atoms with Crippen molar-refractivity contribution in [3.05, 3.63) is 48.2 Å². The van der Waals surface area contributed by atoms with Gasteiger partial charge in [0.1, 0.15) is 18.1 Å². The van der Waals surface area contributed by atoms with E-state index in [0.717, 1.165) is 18.3 Å². The number of aromatic nitrogens is 3. The van der Waals surface area contributed by atoms with Gasteiger partial charge in [-0.25, -0.2) is 9.97 Å². The molecule has 6 nitrogen and oxygen atoms in total. The van der Waals surface area contributed by atoms with Crippen LogP contribution in [0.4, 0.5) is 13.2 Å². The van der Waals surface area contributed by atoms with E-state index in [-0.39, 0.29) is 17.6 Å². The van der Waals surface area contributed by atoms with Gasteiger partial charge in [0.2, 0.25) is 5.88 Å². The predicted molar refractivity (Wildman–Crippen MR) is 76.2 cm³/mol. The van der Waals surface area contributed by atoms with Crippen LogP contribution in [0.5, 0.6) is 5.88 Å². The number of likely N-dealkylation sites (tertiary alicyclic amines) is 1. The van der Waals surface area contributed by atoms with Crippen molar-refractivity contribution in [3.8, 4) is 5.88 Å². The van der Waals surface area contributed by atoms with Crippen molar-refractivity contribution in [3.63, 3.8) is 0 Å². The second kappa shape index (κ2) is 6.42. The molecule has 126 valence electrons. The van der Waals surface area contributed by atoms with E-state index in [2.05, 4.69) is 15.0 Å². The van der Waals surface area contributed by atoms with Gasteiger partial charge in [-0.15, -0.1) is 0 Å². The highest BCUT2D eigenvalue weighted by atomic mass is 19.4. The number of halogens is 3. The standard InChI is InChI=1S/C15H13F3N4O2/c16-15(17,18)12-2-1-10(7-20-12)14(23)22-6-4-11(8-22)24-13-3-5-19-9-21-13/h1-3,5,7,9,11H,4,6,8H2. The number of carbonyl (C=O) groups is 1. The third kappa shape index (κ3) is 3.61. The Bertz CT molecular complexity index is 707. The van der Waals surface area contributed by atoms with E-state index >= 15 is 0 Å². The maximum Gasteiger partial charge on any atom is 0.433 e. The van der Waals surface area contributed by atoms with Crippen molar-refractivity contribution in [2.45, 2.75) is 18.7 Å². The van der Waals surface area contributed by atoms with Crippen LogP contribution in [-0.4, -0.2) is 45.0 Å². The zero-order valence-corrected chi connectivity index (χ0v) is 12.4. The van der Waals surface area contributed by atoms with Gasteiger partial charge in [0.25, 0.3) is 5.91 Å². The minimum atomic E-state index is -4.52. The molecule has 0 radical (unpaired) electrons. The summed E-state index contributed by atoms with van der Waals surface area (Å²) in [6, 6.07) is 3.55. The number of hydrogen-bond acceptors (Lipinski definition) is 5. The molecule has 9 heteroatoms. The predicted octanol–water partition coefficient (Wildman–Crippen LogP) is 2.18. The zero-order valence-electron chi connectivity index (χ0n) is 12.4. The van der Waals surface area contributed by atoms with Crippen molar-refractivity contribution in [1.82, 2.24) is 19.9 Å². The quantitative estimate of drug-likeness (QED) is 0.858. The zero-order chi connectivity index (χ0) is 17.2. The number of nitrogens with zero attached hydrogens (tertiary/aromatic N) is 4. The van der Waals surface area contributed by atoms with Gasteiger partial charge in [0.15, 0.2) is 0 Å². The molecule has 1 aliphatic heterocycles. The van der Waals surface area contributed by atoms with Gasteiger partial charge in [0, 0.05) is 31.4 Å². The number of hydrogen-bond donors (Lipinski definition) is 0. The second-order valence-electron chi connectivity index (χ2n) is 5.26. The number of ether oxygens (including phenoxy) is 1. The Balaban J connectivity index is 1.62. The first-order valence-electron chi connectivity index (χ1n) is 7.18. The highest BCUT2D eigenvalue weighted by Gasteiger charge is 2.33. The normalized spacial score (nSPS) is 17.8. The molecule has 1 unspecified atom stereocenters. The molecule has 3 heterocycles. The average Bonchev–Trinajstić information content (AvgIpc) is 3.03. The van der Waals surface area contributed by atoms with Gasteiger partial charge in [-0.05, 0) is 12.1 Å². The van der Waals surface area contributed by atoms with Crippen LogP contribution in [0.25, 0.3) is 0 Å². The summed E-state index contributed by atoms with van der Waals surface area (Å²) >= 11 is 0. The molecule has 0 bridgehead atoms. The third-order valence-corrected chi connectivity index (χ3v) is 3.58. The lowest BCUT2D eigenvalue weighted by Crippen LogP contribution is -2.31. The lowest BCUT2D eigenvalue weighted by Gasteiger charge is -2.17. The van der Waals surface area contributed by atoms with E-state index in [1.165, 1.54) is 11.2 Å². The fourth-order valence-corrected chi connectivity index (χ4v) is 2.40. The summed E-state index contributed by atoms with van der Waals surface area (Å²) < 4.78 is 43.1. The Morgan fingerprint density at radius 1 is 1.25 bits per heavy atom. The topological polar surface area (TPSA) is 68.2 Å². The molecule has 0 aliphatic carbocycles. The van der Waals surface area contributed by atoms with Gasteiger partial charge in [-0.1, -0.05) is 0 Å². The molecule has 2 aromatic heterocycles. The molecule has 2 aromatic rings. The first kappa shape index (κ1) is 16.2. The molecule has 0 spiro atoms. The fourth-order valence-electron chi connectivity index (χ4n) is 2.40. The summed E-state index contributed by atoms with van der Waals surface area (Å²) in [6.45, 7) is 0.791. The molecule has 0 aromatic carbocycles. The number of carbonyl (C=O) groups excluding carboxylic acids is 1. The minimum absolute atomic E-state index is 0.116. The Kier molecular flexibility index (Phi) is 4.32. The van der Waals surface area contributed by atoms with Gasteiger partial charge >= 0.3 is 6.18 Å². The Labute approximate surface area is 135 Å². The van der Waals surface area contributed by atoms with Crippen LogP contribution in [0.15, 0.2) is 36.9 Å². The number of pyridine rings is 1. The van der Waals surface area contributed by atoms with Crippen molar-refractivity contribution in [2.24, 2.45) is 0 Å². The molecule has 1 amide bonds. The van der Waals surface area contributed by atoms with Crippen molar-refractivity contribution in [1.29, 1.82) is 0 Å². The van der Waals surface area contributed by atoms with Crippen LogP contribution < -0.4 is 4.74 Å². The van der Waals surface area contributed by atoms with Crippen LogP contribution in [-0.2, 0) is 6.18 Å². The molecular weight excluding hydrogens is 325 g/mol. The van der Waals surface area contributed by atoms with E-state index in [0.29, 0.717) is 25.4 Å². The molecule has 0 saturated carbocycles. The summed E-state index contributed by atoms with van der Waals surface area (Å²) in [5.74, 6) is 0.0468. The third-order valence-electron chi connectivity index (χ3n) is 3.58. The molecule has 24 heavy (non-hydrogen) atoms. The molecule has 0 N–H and O–H groups in total. The summed E-state index contributed by atoms with van der Waals surface area (Å²) in [7, 11) is 0. The molecular formula is C15H13F3N4O2. The van der Waals surface area contributed by atoms with Gasteiger partial charge < -0.3 is 9.64 Å². The van der Waals surface area contributed by atoms with E-state index in [9.17, 15) is 18.0 Å². The Morgan fingerprint density at radius 2 is 2.08 bits per heavy atom. The van der Waals surface area contributed by atoms with E-state index in [4.69, 9.17) is 4.74 Å². The number of rotatable bonds is 3. The minimum Gasteiger partial charge on any atom is -0.472 e. The summed E-state index contributed by atoms with van der Waals surface area (Å²) in [5.41, 5.74) is -0.906. The van der Waals surface area contributed by atoms with Crippen molar-refractivity contribution < 1.29 is 22.7 Å². The highest BCUT2D eigenvalue weighted by molar-refractivity contribution is 5.94. The molecule has 1 atom stereocenters. The Morgan fingerprint density at radius 3 is 2.71 bits per heavy atom. The molecule has 1 fully saturated rings. The summed E-state index contributed by atoms with van der Waals surface area (Å²) in [5, 5.41) is 0.